The molecule has 2 fully saturated rings. The third-order valence-corrected chi connectivity index (χ3v) is 8.70. The molecule has 12 heteroatoms. The maximum atomic E-state index is 13.5. The Balaban J connectivity index is 1.65. The summed E-state index contributed by atoms with van der Waals surface area (Å²) in [7, 11) is -0.636. The van der Waals surface area contributed by atoms with Gasteiger partial charge in [-0.2, -0.15) is 0 Å². The van der Waals surface area contributed by atoms with Gasteiger partial charge in [0.2, 0.25) is 0 Å². The fraction of sp³-hybridized carbons (Fsp3) is 0.714. The zero-order valence-electron chi connectivity index (χ0n) is 19.3. The van der Waals surface area contributed by atoms with Crippen LogP contribution in [0.4, 0.5) is 0 Å². The minimum atomic E-state index is -3.72. The molecule has 0 amide bonds. The van der Waals surface area contributed by atoms with Crippen molar-refractivity contribution in [3.8, 4) is 0 Å². The average Bonchev–Trinajstić information content (AvgIpc) is 3.21. The lowest BCUT2D eigenvalue weighted by atomic mass is 10.2. The fourth-order valence-corrected chi connectivity index (χ4v) is 5.98. The standard InChI is InChI=1S/C21H30ClN5O5S/c1-13-5-6-16(32-13)20-26-25-17(27(20)21(7-8-21)12-30-3)11-33(28,29)14(2)18(31-4)19-23-9-15(22)10-24-19/h9-10,13-14,16,18H,5-8,11-12H2,1-4H3/t13-,14-,16-,18-/m0/s1. The molecule has 0 N–H and O–H groups in total. The van der Waals surface area contributed by atoms with Crippen LogP contribution in [0.15, 0.2) is 12.4 Å². The van der Waals surface area contributed by atoms with E-state index < -0.39 is 21.2 Å². The van der Waals surface area contributed by atoms with E-state index in [9.17, 15) is 8.42 Å². The molecule has 2 aliphatic rings. The van der Waals surface area contributed by atoms with E-state index in [-0.39, 0.29) is 29.3 Å². The van der Waals surface area contributed by atoms with Crippen LogP contribution >= 0.6 is 11.6 Å². The van der Waals surface area contributed by atoms with Crippen LogP contribution in [-0.4, -0.2) is 65.3 Å². The summed E-state index contributed by atoms with van der Waals surface area (Å²) in [5.41, 5.74) is -0.336. The monoisotopic (exact) mass is 499 g/mol. The number of hydrogen-bond donors (Lipinski definition) is 0. The van der Waals surface area contributed by atoms with Gasteiger partial charge in [-0.3, -0.25) is 0 Å². The molecule has 10 nitrogen and oxygen atoms in total. The number of rotatable bonds is 10. The van der Waals surface area contributed by atoms with Crippen LogP contribution in [0.25, 0.3) is 0 Å². The second-order valence-corrected chi connectivity index (χ2v) is 11.7. The van der Waals surface area contributed by atoms with E-state index in [0.29, 0.717) is 23.3 Å². The molecule has 1 saturated heterocycles. The van der Waals surface area contributed by atoms with Gasteiger partial charge < -0.3 is 18.8 Å². The molecule has 33 heavy (non-hydrogen) atoms. The van der Waals surface area contributed by atoms with Gasteiger partial charge in [-0.05, 0) is 39.5 Å². The number of ether oxygens (including phenoxy) is 3. The molecule has 0 unspecified atom stereocenters. The minimum absolute atomic E-state index is 0.131. The van der Waals surface area contributed by atoms with Crippen molar-refractivity contribution in [1.29, 1.82) is 0 Å². The van der Waals surface area contributed by atoms with Crippen molar-refractivity contribution in [2.45, 2.75) is 74.4 Å². The van der Waals surface area contributed by atoms with Gasteiger partial charge in [0.15, 0.2) is 21.5 Å². The van der Waals surface area contributed by atoms with Gasteiger partial charge in [-0.15, -0.1) is 10.2 Å². The highest BCUT2D eigenvalue weighted by molar-refractivity contribution is 7.91. The Kier molecular flexibility index (Phi) is 7.07. The van der Waals surface area contributed by atoms with E-state index in [2.05, 4.69) is 20.2 Å². The maximum absolute atomic E-state index is 13.5. The van der Waals surface area contributed by atoms with Gasteiger partial charge in [-0.1, -0.05) is 11.6 Å². The van der Waals surface area contributed by atoms with E-state index in [0.717, 1.165) is 25.7 Å². The van der Waals surface area contributed by atoms with Crippen molar-refractivity contribution in [1.82, 2.24) is 24.7 Å². The fourth-order valence-electron chi connectivity index (χ4n) is 4.46. The molecule has 0 bridgehead atoms. The van der Waals surface area contributed by atoms with Gasteiger partial charge in [0.1, 0.15) is 23.8 Å². The van der Waals surface area contributed by atoms with Crippen LogP contribution in [0.3, 0.4) is 0 Å². The highest BCUT2D eigenvalue weighted by atomic mass is 35.5. The van der Waals surface area contributed by atoms with Crippen molar-refractivity contribution < 1.29 is 22.6 Å². The summed E-state index contributed by atoms with van der Waals surface area (Å²) in [6, 6.07) is 0. The largest absolute Gasteiger partial charge is 0.382 e. The van der Waals surface area contributed by atoms with Crippen LogP contribution in [0.1, 0.15) is 69.2 Å². The second kappa shape index (κ2) is 9.53. The molecule has 3 heterocycles. The molecule has 1 aliphatic heterocycles. The Bertz CT molecular complexity index is 1070. The molecule has 0 radical (unpaired) electrons. The molecule has 1 saturated carbocycles. The Labute approximate surface area is 198 Å². The summed E-state index contributed by atoms with van der Waals surface area (Å²) in [6.45, 7) is 4.08. The average molecular weight is 500 g/mol. The number of halogens is 1. The Hall–Kier alpha value is -1.66. The van der Waals surface area contributed by atoms with Crippen molar-refractivity contribution in [2.75, 3.05) is 20.8 Å². The molecule has 1 aliphatic carbocycles. The number of nitrogens with zero attached hydrogens (tertiary/aromatic N) is 5. The van der Waals surface area contributed by atoms with E-state index in [1.807, 2.05) is 11.5 Å². The zero-order chi connectivity index (χ0) is 23.8. The van der Waals surface area contributed by atoms with Gasteiger partial charge >= 0.3 is 0 Å². The van der Waals surface area contributed by atoms with Crippen molar-refractivity contribution >= 4 is 21.4 Å². The molecule has 4 atom stereocenters. The molecular formula is C21H30ClN5O5S. The number of sulfone groups is 1. The Morgan fingerprint density at radius 1 is 1.24 bits per heavy atom. The molecule has 0 spiro atoms. The summed E-state index contributed by atoms with van der Waals surface area (Å²) in [5, 5.41) is 8.16. The number of aromatic nitrogens is 5. The summed E-state index contributed by atoms with van der Waals surface area (Å²) in [5.74, 6) is 1.03. The van der Waals surface area contributed by atoms with Crippen molar-refractivity contribution in [3.05, 3.63) is 34.9 Å². The quantitative estimate of drug-likeness (QED) is 0.486. The smallest absolute Gasteiger partial charge is 0.163 e. The van der Waals surface area contributed by atoms with E-state index in [1.165, 1.54) is 19.5 Å². The van der Waals surface area contributed by atoms with E-state index in [4.69, 9.17) is 25.8 Å². The van der Waals surface area contributed by atoms with Crippen LogP contribution in [0, 0.1) is 0 Å². The highest BCUT2D eigenvalue weighted by Crippen LogP contribution is 2.47. The summed E-state index contributed by atoms with van der Waals surface area (Å²) in [6.07, 6.45) is 5.41. The predicted molar refractivity (Wildman–Crippen MR) is 121 cm³/mol. The van der Waals surface area contributed by atoms with Gasteiger partial charge in [0.25, 0.3) is 0 Å². The van der Waals surface area contributed by atoms with Crippen molar-refractivity contribution in [2.24, 2.45) is 0 Å². The topological polar surface area (TPSA) is 118 Å². The van der Waals surface area contributed by atoms with Gasteiger partial charge in [0, 0.05) is 26.6 Å². The number of methoxy groups -OCH3 is 2. The zero-order valence-corrected chi connectivity index (χ0v) is 20.8. The van der Waals surface area contributed by atoms with Gasteiger partial charge in [-0.25, -0.2) is 18.4 Å². The van der Waals surface area contributed by atoms with Gasteiger partial charge in [0.05, 0.1) is 28.5 Å². The normalized spacial score (nSPS) is 24.0. The lowest BCUT2D eigenvalue weighted by Crippen LogP contribution is -2.32. The SMILES string of the molecule is COCC1(n2c(CS(=O)(=O)[C@@H](C)[C@H](OC)c3ncc(Cl)cn3)nnc2[C@@H]2CC[C@H](C)O2)CC1. The van der Waals surface area contributed by atoms with E-state index >= 15 is 0 Å². The lowest BCUT2D eigenvalue weighted by molar-refractivity contribution is 0.0438. The van der Waals surface area contributed by atoms with Crippen LogP contribution in [-0.2, 0) is 35.3 Å². The third kappa shape index (κ3) is 4.93. The second-order valence-electron chi connectivity index (χ2n) is 8.91. The van der Waals surface area contributed by atoms with Crippen LogP contribution < -0.4 is 0 Å². The predicted octanol–water partition coefficient (Wildman–Crippen LogP) is 2.79. The Morgan fingerprint density at radius 2 is 1.94 bits per heavy atom. The molecular weight excluding hydrogens is 470 g/mol. The summed E-state index contributed by atoms with van der Waals surface area (Å²) >= 11 is 5.87. The first-order chi connectivity index (χ1) is 15.7. The summed E-state index contributed by atoms with van der Waals surface area (Å²) in [4.78, 5) is 8.29. The maximum Gasteiger partial charge on any atom is 0.163 e. The first kappa shape index (κ1) is 24.5. The Morgan fingerprint density at radius 3 is 2.48 bits per heavy atom. The minimum Gasteiger partial charge on any atom is -0.382 e. The van der Waals surface area contributed by atoms with Crippen molar-refractivity contribution in [3.63, 3.8) is 0 Å². The third-order valence-electron chi connectivity index (χ3n) is 6.46. The first-order valence-electron chi connectivity index (χ1n) is 11.0. The van der Waals surface area contributed by atoms with E-state index in [1.54, 1.807) is 14.0 Å². The molecule has 182 valence electrons. The molecule has 0 aromatic carbocycles. The summed E-state index contributed by atoms with van der Waals surface area (Å²) < 4.78 is 45.9. The first-order valence-corrected chi connectivity index (χ1v) is 13.1. The lowest BCUT2D eigenvalue weighted by Gasteiger charge is -2.24. The molecule has 2 aromatic rings. The number of hydrogen-bond acceptors (Lipinski definition) is 9. The van der Waals surface area contributed by atoms with Crippen LogP contribution in [0.2, 0.25) is 5.02 Å². The highest BCUT2D eigenvalue weighted by Gasteiger charge is 2.49. The molecule has 4 rings (SSSR count). The van der Waals surface area contributed by atoms with Crippen LogP contribution in [0.5, 0.6) is 0 Å². The molecule has 2 aromatic heterocycles.